The Morgan fingerprint density at radius 2 is 2.14 bits per heavy atom. The van der Waals surface area contributed by atoms with Crippen molar-refractivity contribution in [1.29, 1.82) is 0 Å². The highest BCUT2D eigenvalue weighted by Crippen LogP contribution is 2.64. The van der Waals surface area contributed by atoms with Crippen molar-refractivity contribution in [3.8, 4) is 0 Å². The third-order valence-electron chi connectivity index (χ3n) is 7.43. The highest BCUT2D eigenvalue weighted by atomic mass is 19.1. The first-order chi connectivity index (χ1) is 10.4. The second-order valence-corrected chi connectivity index (χ2v) is 8.44. The molecule has 0 aromatic heterocycles. The fraction of sp³-hybridized carbons (Fsp3) is 0.833. The van der Waals surface area contributed by atoms with Crippen molar-refractivity contribution in [2.24, 2.45) is 28.6 Å². The molecule has 4 aliphatic rings. The van der Waals surface area contributed by atoms with Crippen LogP contribution in [0.3, 0.4) is 0 Å². The number of hydrogen-bond acceptors (Lipinski definition) is 2. The monoisotopic (exact) mass is 307 g/mol. The number of piperidine rings is 1. The molecule has 0 radical (unpaired) electrons. The van der Waals surface area contributed by atoms with Gasteiger partial charge in [0.25, 0.3) is 0 Å². The van der Waals surface area contributed by atoms with Crippen LogP contribution in [0, 0.1) is 28.6 Å². The molecule has 7 atom stereocenters. The summed E-state index contributed by atoms with van der Waals surface area (Å²) in [7, 11) is 0. The first-order valence-corrected chi connectivity index (χ1v) is 8.69. The van der Waals surface area contributed by atoms with E-state index in [1.54, 1.807) is 0 Å². The van der Waals surface area contributed by atoms with E-state index in [0.717, 1.165) is 25.0 Å². The van der Waals surface area contributed by atoms with Gasteiger partial charge in [0, 0.05) is 22.9 Å². The smallest absolute Gasteiger partial charge is 0.224 e. The molecule has 0 bridgehead atoms. The molecular formula is C18H26FNO2. The molecule has 3 aliphatic carbocycles. The van der Waals surface area contributed by atoms with Crippen LogP contribution in [0.4, 0.5) is 4.39 Å². The van der Waals surface area contributed by atoms with Crippen LogP contribution in [0.2, 0.25) is 0 Å². The number of aliphatic hydroxyl groups is 1. The van der Waals surface area contributed by atoms with E-state index < -0.39 is 12.3 Å². The number of rotatable bonds is 0. The Morgan fingerprint density at radius 1 is 1.36 bits per heavy atom. The molecule has 1 aliphatic heterocycles. The van der Waals surface area contributed by atoms with Gasteiger partial charge in [-0.25, -0.2) is 4.39 Å². The molecule has 122 valence electrons. The highest BCUT2D eigenvalue weighted by molar-refractivity contribution is 5.79. The lowest BCUT2D eigenvalue weighted by Gasteiger charge is -2.58. The first kappa shape index (κ1) is 14.7. The maximum atomic E-state index is 14.5. The number of carbonyl (C=O) groups excluding carboxylic acids is 1. The molecule has 4 heteroatoms. The minimum atomic E-state index is -0.780. The molecule has 0 aromatic carbocycles. The Labute approximate surface area is 131 Å². The van der Waals surface area contributed by atoms with Crippen molar-refractivity contribution in [3.05, 3.63) is 11.8 Å². The quantitative estimate of drug-likeness (QED) is 0.723. The molecule has 5 unspecified atom stereocenters. The lowest BCUT2D eigenvalue weighted by atomic mass is 9.49. The fourth-order valence-electron chi connectivity index (χ4n) is 6.27. The summed E-state index contributed by atoms with van der Waals surface area (Å²) in [6, 6.07) is 0. The van der Waals surface area contributed by atoms with Gasteiger partial charge in [0.05, 0.1) is 6.10 Å². The molecule has 2 N–H and O–H groups in total. The number of alkyl halides is 1. The Morgan fingerprint density at radius 3 is 2.91 bits per heavy atom. The molecule has 1 amide bonds. The van der Waals surface area contributed by atoms with Crippen LogP contribution in [-0.4, -0.2) is 23.3 Å². The number of aliphatic hydroxyl groups excluding tert-OH is 1. The molecule has 2 saturated carbocycles. The summed E-state index contributed by atoms with van der Waals surface area (Å²) in [5.74, 6) is 0.944. The maximum Gasteiger partial charge on any atom is 0.224 e. The Balaban J connectivity index is 1.74. The Hall–Kier alpha value is -0.900. The number of nitrogens with one attached hydrogen (secondary N) is 1. The number of fused-ring (bicyclic) bond motifs is 5. The van der Waals surface area contributed by atoms with Gasteiger partial charge in [-0.3, -0.25) is 4.79 Å². The van der Waals surface area contributed by atoms with Crippen molar-refractivity contribution in [1.82, 2.24) is 5.32 Å². The van der Waals surface area contributed by atoms with Gasteiger partial charge in [-0.2, -0.15) is 0 Å². The van der Waals surface area contributed by atoms with Gasteiger partial charge in [-0.05, 0) is 49.9 Å². The van der Waals surface area contributed by atoms with E-state index in [9.17, 15) is 14.3 Å². The molecule has 22 heavy (non-hydrogen) atoms. The van der Waals surface area contributed by atoms with E-state index in [4.69, 9.17) is 0 Å². The standard InChI is InChI=1S/C18H26FNO2/c1-17-8-7-15(22)20-14(17)6-3-10-11-4-5-13(19)18(11,2)9-12(21)16(10)17/h6,10-13,16,21H,3-5,7-9H2,1-2H3,(H,20,22)/t10?,11?,12-,13?,16?,17-,18?/m0/s1. The van der Waals surface area contributed by atoms with Gasteiger partial charge in [0.1, 0.15) is 6.17 Å². The Bertz CT molecular complexity index is 547. The maximum absolute atomic E-state index is 14.5. The van der Waals surface area contributed by atoms with Crippen LogP contribution in [-0.2, 0) is 4.79 Å². The second kappa shape index (κ2) is 4.56. The Kier molecular flexibility index (Phi) is 3.04. The highest BCUT2D eigenvalue weighted by Gasteiger charge is 2.62. The average molecular weight is 307 g/mol. The largest absolute Gasteiger partial charge is 0.393 e. The van der Waals surface area contributed by atoms with Gasteiger partial charge in [-0.1, -0.05) is 19.9 Å². The van der Waals surface area contributed by atoms with Gasteiger partial charge >= 0.3 is 0 Å². The van der Waals surface area contributed by atoms with Crippen LogP contribution < -0.4 is 5.32 Å². The summed E-state index contributed by atoms with van der Waals surface area (Å²) in [5, 5.41) is 13.9. The van der Waals surface area contributed by atoms with E-state index in [1.165, 1.54) is 0 Å². The van der Waals surface area contributed by atoms with Crippen LogP contribution in [0.25, 0.3) is 0 Å². The minimum Gasteiger partial charge on any atom is -0.393 e. The average Bonchev–Trinajstić information content (AvgIpc) is 2.75. The van der Waals surface area contributed by atoms with Crippen LogP contribution in [0.1, 0.15) is 52.4 Å². The van der Waals surface area contributed by atoms with Crippen molar-refractivity contribution < 1.29 is 14.3 Å². The summed E-state index contributed by atoms with van der Waals surface area (Å²) in [6.45, 7) is 4.22. The molecule has 0 spiro atoms. The van der Waals surface area contributed by atoms with Crippen LogP contribution in [0.15, 0.2) is 11.8 Å². The molecule has 4 rings (SSSR count). The van der Waals surface area contributed by atoms with E-state index in [-0.39, 0.29) is 22.7 Å². The van der Waals surface area contributed by atoms with Crippen molar-refractivity contribution in [2.75, 3.05) is 0 Å². The van der Waals surface area contributed by atoms with Crippen molar-refractivity contribution in [3.63, 3.8) is 0 Å². The number of allylic oxidation sites excluding steroid dienone is 2. The zero-order chi connectivity index (χ0) is 15.7. The fourth-order valence-corrected chi connectivity index (χ4v) is 6.27. The van der Waals surface area contributed by atoms with Crippen molar-refractivity contribution in [2.45, 2.75) is 64.6 Å². The van der Waals surface area contributed by atoms with Crippen molar-refractivity contribution >= 4 is 5.91 Å². The first-order valence-electron chi connectivity index (χ1n) is 8.69. The predicted octanol–water partition coefficient (Wildman–Crippen LogP) is 2.94. The molecule has 3 nitrogen and oxygen atoms in total. The summed E-state index contributed by atoms with van der Waals surface area (Å²) >= 11 is 0. The summed E-state index contributed by atoms with van der Waals surface area (Å²) in [4.78, 5) is 11.7. The SMILES string of the molecule is CC12C[C@H](O)C3C(CC=C4NC(=O)CC[C@@]43C)C1CCC2F. The predicted molar refractivity (Wildman–Crippen MR) is 81.5 cm³/mol. The lowest BCUT2D eigenvalue weighted by molar-refractivity contribution is -0.136. The minimum absolute atomic E-state index is 0.0852. The lowest BCUT2D eigenvalue weighted by Crippen LogP contribution is -2.58. The third-order valence-corrected chi connectivity index (χ3v) is 7.43. The zero-order valence-corrected chi connectivity index (χ0v) is 13.4. The third kappa shape index (κ3) is 1.73. The molecule has 0 aromatic rings. The van der Waals surface area contributed by atoms with E-state index in [2.05, 4.69) is 18.3 Å². The van der Waals surface area contributed by atoms with Crippen LogP contribution in [0.5, 0.6) is 0 Å². The number of amides is 1. The topological polar surface area (TPSA) is 49.3 Å². The molecule has 1 saturated heterocycles. The van der Waals surface area contributed by atoms with Gasteiger partial charge in [0.15, 0.2) is 0 Å². The number of hydrogen-bond donors (Lipinski definition) is 2. The second-order valence-electron chi connectivity index (χ2n) is 8.44. The summed E-state index contributed by atoms with van der Waals surface area (Å²) in [6.07, 6.45) is 5.24. The van der Waals surface area contributed by atoms with Crippen LogP contribution >= 0.6 is 0 Å². The molecule has 3 fully saturated rings. The number of carbonyl (C=O) groups is 1. The van der Waals surface area contributed by atoms with E-state index in [1.807, 2.05) is 6.92 Å². The van der Waals surface area contributed by atoms with E-state index >= 15 is 0 Å². The normalized spacial score (nSPS) is 53.9. The summed E-state index contributed by atoms with van der Waals surface area (Å²) < 4.78 is 14.5. The zero-order valence-electron chi connectivity index (χ0n) is 13.4. The summed E-state index contributed by atoms with van der Waals surface area (Å²) in [5.41, 5.74) is 0.481. The van der Waals surface area contributed by atoms with E-state index in [0.29, 0.717) is 31.1 Å². The van der Waals surface area contributed by atoms with Gasteiger partial charge in [-0.15, -0.1) is 0 Å². The molecule has 1 heterocycles. The number of halogens is 1. The van der Waals surface area contributed by atoms with Gasteiger partial charge in [0.2, 0.25) is 5.91 Å². The molecular weight excluding hydrogens is 281 g/mol. The van der Waals surface area contributed by atoms with Gasteiger partial charge < -0.3 is 10.4 Å².